The fourth-order valence-electron chi connectivity index (χ4n) is 3.09. The SMILES string of the molecule is COc1ccc(NC(N=C2C(=O)N(C)C(=O)N2c2ccccc2F)C(Cl)C(Cl)(Cl)Cl)c(OC)c1. The van der Waals surface area contributed by atoms with Crippen LogP contribution in [0, 0.1) is 5.82 Å². The van der Waals surface area contributed by atoms with Gasteiger partial charge >= 0.3 is 6.03 Å². The number of likely N-dealkylation sites (N-methyl/N-ethyl adjacent to an activating group) is 1. The standard InChI is InChI=1S/C21H19Cl4FN4O4/c1-29-19(31)18(30(20(29)32)14-7-5-4-6-12(14)26)28-17(16(22)21(23,24)25)27-13-9-8-11(33-2)10-15(13)34-3/h4-10,16-17,27H,1-3H3. The Morgan fingerprint density at radius 2 is 1.76 bits per heavy atom. The van der Waals surface area contributed by atoms with E-state index in [1.165, 1.54) is 39.5 Å². The fourth-order valence-corrected chi connectivity index (χ4v) is 3.57. The number of anilines is 2. The van der Waals surface area contributed by atoms with Gasteiger partial charge in [-0.15, -0.1) is 11.6 Å². The largest absolute Gasteiger partial charge is 0.497 e. The molecule has 0 bridgehead atoms. The van der Waals surface area contributed by atoms with Crippen molar-refractivity contribution in [1.29, 1.82) is 0 Å². The first-order valence-electron chi connectivity index (χ1n) is 9.63. The number of nitrogens with one attached hydrogen (secondary N) is 1. The van der Waals surface area contributed by atoms with E-state index in [2.05, 4.69) is 10.3 Å². The second-order valence-corrected chi connectivity index (χ2v) is 9.82. The average Bonchev–Trinajstić information content (AvgIpc) is 3.01. The van der Waals surface area contributed by atoms with Crippen LogP contribution in [-0.2, 0) is 4.79 Å². The zero-order valence-electron chi connectivity index (χ0n) is 18.1. The molecule has 1 heterocycles. The quantitative estimate of drug-likeness (QED) is 0.384. The maximum Gasteiger partial charge on any atom is 0.337 e. The number of methoxy groups -OCH3 is 2. The van der Waals surface area contributed by atoms with Crippen LogP contribution in [0.3, 0.4) is 0 Å². The number of carbonyl (C=O) groups is 2. The molecule has 1 N–H and O–H groups in total. The van der Waals surface area contributed by atoms with E-state index >= 15 is 0 Å². The Hall–Kier alpha value is -2.46. The first-order chi connectivity index (χ1) is 16.0. The van der Waals surface area contributed by atoms with E-state index < -0.39 is 38.9 Å². The van der Waals surface area contributed by atoms with Gasteiger partial charge in [-0.05, 0) is 24.3 Å². The van der Waals surface area contributed by atoms with Gasteiger partial charge in [-0.25, -0.2) is 19.1 Å². The molecule has 1 fully saturated rings. The van der Waals surface area contributed by atoms with Crippen molar-refractivity contribution in [3.63, 3.8) is 0 Å². The number of urea groups is 1. The van der Waals surface area contributed by atoms with Crippen molar-refractivity contribution in [2.45, 2.75) is 15.3 Å². The van der Waals surface area contributed by atoms with E-state index in [9.17, 15) is 14.0 Å². The number of ether oxygens (including phenoxy) is 2. The molecule has 1 aliphatic rings. The van der Waals surface area contributed by atoms with Crippen LogP contribution < -0.4 is 19.7 Å². The van der Waals surface area contributed by atoms with Gasteiger partial charge in [0.2, 0.25) is 9.63 Å². The molecule has 13 heteroatoms. The second-order valence-electron chi connectivity index (χ2n) is 6.99. The molecule has 3 amide bonds. The number of aliphatic imine (C=N–C) groups is 1. The number of rotatable bonds is 7. The summed E-state index contributed by atoms with van der Waals surface area (Å²) in [6.45, 7) is 0. The molecule has 0 aliphatic carbocycles. The Morgan fingerprint density at radius 1 is 1.09 bits per heavy atom. The Balaban J connectivity index is 2.12. The highest BCUT2D eigenvalue weighted by atomic mass is 35.6. The number of benzene rings is 2. The van der Waals surface area contributed by atoms with Crippen molar-refractivity contribution >= 4 is 75.6 Å². The van der Waals surface area contributed by atoms with E-state index in [-0.39, 0.29) is 5.69 Å². The van der Waals surface area contributed by atoms with Gasteiger partial charge < -0.3 is 14.8 Å². The van der Waals surface area contributed by atoms with Crippen molar-refractivity contribution < 1.29 is 23.5 Å². The van der Waals surface area contributed by atoms with Crippen LogP contribution >= 0.6 is 46.4 Å². The van der Waals surface area contributed by atoms with Crippen LogP contribution in [0.4, 0.5) is 20.6 Å². The van der Waals surface area contributed by atoms with Gasteiger partial charge in [0, 0.05) is 13.1 Å². The predicted octanol–water partition coefficient (Wildman–Crippen LogP) is 5.06. The lowest BCUT2D eigenvalue weighted by Gasteiger charge is -2.28. The van der Waals surface area contributed by atoms with Gasteiger partial charge in [0.1, 0.15) is 28.9 Å². The van der Waals surface area contributed by atoms with Crippen molar-refractivity contribution in [3.05, 3.63) is 48.3 Å². The van der Waals surface area contributed by atoms with E-state index in [4.69, 9.17) is 55.9 Å². The molecule has 1 saturated heterocycles. The molecular weight excluding hydrogens is 533 g/mol. The number of hydrogen-bond donors (Lipinski definition) is 1. The highest BCUT2D eigenvalue weighted by Crippen LogP contribution is 2.39. The number of para-hydroxylation sites is 1. The van der Waals surface area contributed by atoms with Gasteiger partial charge in [0.05, 0.1) is 25.6 Å². The molecule has 1 aliphatic heterocycles. The van der Waals surface area contributed by atoms with Crippen LogP contribution in [0.5, 0.6) is 11.5 Å². The fraction of sp³-hybridized carbons (Fsp3) is 0.286. The van der Waals surface area contributed by atoms with Crippen molar-refractivity contribution in [2.75, 3.05) is 31.5 Å². The van der Waals surface area contributed by atoms with Gasteiger partial charge in [-0.1, -0.05) is 46.9 Å². The molecular formula is C21H19Cl4FN4O4. The molecule has 2 aromatic rings. The van der Waals surface area contributed by atoms with Crippen molar-refractivity contribution in [1.82, 2.24) is 4.90 Å². The van der Waals surface area contributed by atoms with Crippen molar-refractivity contribution in [3.8, 4) is 11.5 Å². The molecule has 0 saturated carbocycles. The molecule has 2 aromatic carbocycles. The highest BCUT2D eigenvalue weighted by molar-refractivity contribution is 6.70. The van der Waals surface area contributed by atoms with E-state index in [1.807, 2.05) is 0 Å². The number of amides is 3. The van der Waals surface area contributed by atoms with Gasteiger partial charge in [-0.2, -0.15) is 0 Å². The van der Waals surface area contributed by atoms with Crippen molar-refractivity contribution in [2.24, 2.45) is 4.99 Å². The first kappa shape index (κ1) is 26.2. The van der Waals surface area contributed by atoms with Crippen LogP contribution in [0.1, 0.15) is 0 Å². The number of carbonyl (C=O) groups excluding carboxylic acids is 2. The van der Waals surface area contributed by atoms with E-state index in [0.717, 1.165) is 15.9 Å². The highest BCUT2D eigenvalue weighted by Gasteiger charge is 2.45. The summed E-state index contributed by atoms with van der Waals surface area (Å²) in [5.74, 6) is -1.10. The van der Waals surface area contributed by atoms with Gasteiger partial charge in [-0.3, -0.25) is 9.69 Å². The summed E-state index contributed by atoms with van der Waals surface area (Å²) in [5.41, 5.74) is 0.199. The Kier molecular flexibility index (Phi) is 8.02. The van der Waals surface area contributed by atoms with Crippen LogP contribution in [0.25, 0.3) is 0 Å². The van der Waals surface area contributed by atoms with Crippen LogP contribution in [0.15, 0.2) is 47.5 Å². The number of halogens is 5. The maximum atomic E-state index is 14.5. The molecule has 2 unspecified atom stereocenters. The minimum Gasteiger partial charge on any atom is -0.497 e. The van der Waals surface area contributed by atoms with Crippen LogP contribution in [-0.4, -0.2) is 59.3 Å². The summed E-state index contributed by atoms with van der Waals surface area (Å²) in [7, 11) is 4.16. The molecule has 182 valence electrons. The lowest BCUT2D eigenvalue weighted by atomic mass is 10.2. The maximum absolute atomic E-state index is 14.5. The zero-order valence-corrected chi connectivity index (χ0v) is 21.1. The summed E-state index contributed by atoms with van der Waals surface area (Å²) in [5, 5.41) is 1.62. The summed E-state index contributed by atoms with van der Waals surface area (Å²) < 4.78 is 23.0. The third-order valence-corrected chi connectivity index (χ3v) is 6.45. The number of nitrogens with zero attached hydrogens (tertiary/aromatic N) is 3. The topological polar surface area (TPSA) is 83.5 Å². The lowest BCUT2D eigenvalue weighted by molar-refractivity contribution is -0.119. The summed E-state index contributed by atoms with van der Waals surface area (Å²) in [6, 6.07) is 9.45. The number of imide groups is 1. The van der Waals surface area contributed by atoms with Gasteiger partial charge in [0.25, 0.3) is 5.91 Å². The molecule has 0 radical (unpaired) electrons. The lowest BCUT2D eigenvalue weighted by Crippen LogP contribution is -2.41. The number of amidine groups is 1. The third kappa shape index (κ3) is 5.27. The number of hydrogen-bond acceptors (Lipinski definition) is 6. The normalized spacial score (nSPS) is 17.2. The molecule has 34 heavy (non-hydrogen) atoms. The minimum atomic E-state index is -2.04. The third-order valence-electron chi connectivity index (χ3n) is 4.84. The molecule has 8 nitrogen and oxygen atoms in total. The van der Waals surface area contributed by atoms with Crippen LogP contribution in [0.2, 0.25) is 0 Å². The predicted molar refractivity (Wildman–Crippen MR) is 131 cm³/mol. The summed E-state index contributed by atoms with van der Waals surface area (Å²) >= 11 is 24.5. The summed E-state index contributed by atoms with van der Waals surface area (Å²) in [6.07, 6.45) is -1.27. The van der Waals surface area contributed by atoms with E-state index in [0.29, 0.717) is 17.2 Å². The summed E-state index contributed by atoms with van der Waals surface area (Å²) in [4.78, 5) is 31.6. The Morgan fingerprint density at radius 3 is 2.35 bits per heavy atom. The second kappa shape index (κ2) is 10.4. The van der Waals surface area contributed by atoms with Gasteiger partial charge in [0.15, 0.2) is 0 Å². The smallest absolute Gasteiger partial charge is 0.337 e. The zero-order chi connectivity index (χ0) is 25.2. The van der Waals surface area contributed by atoms with E-state index in [1.54, 1.807) is 18.2 Å². The number of alkyl halides is 4. The Labute approximate surface area is 215 Å². The average molecular weight is 552 g/mol. The molecule has 3 rings (SSSR count). The molecule has 2 atom stereocenters. The first-order valence-corrected chi connectivity index (χ1v) is 11.2. The molecule has 0 aromatic heterocycles. The minimum absolute atomic E-state index is 0.176. The molecule has 0 spiro atoms. The monoisotopic (exact) mass is 550 g/mol. The Bertz CT molecular complexity index is 1130.